The molecule has 0 unspecified atom stereocenters. The predicted molar refractivity (Wildman–Crippen MR) is 118 cm³/mol. The van der Waals surface area contributed by atoms with Gasteiger partial charge in [0.15, 0.2) is 0 Å². The Hall–Kier alpha value is -3.19. The SMILES string of the molecule is Cc1cc(C)c(-c2cccc3c2=c2c(-c4ccc(F)cc4C)cccc2=3)c(C)c1. The highest BCUT2D eigenvalue weighted by molar-refractivity contribution is 5.76. The van der Waals surface area contributed by atoms with E-state index in [-0.39, 0.29) is 5.82 Å². The van der Waals surface area contributed by atoms with Crippen molar-refractivity contribution in [2.45, 2.75) is 27.7 Å². The topological polar surface area (TPSA) is 0 Å². The number of benzene rings is 4. The fourth-order valence-corrected chi connectivity index (χ4v) is 5.00. The normalized spacial score (nSPS) is 11.6. The van der Waals surface area contributed by atoms with Gasteiger partial charge in [0.25, 0.3) is 0 Å². The maximum atomic E-state index is 13.7. The molecule has 0 bridgehead atoms. The van der Waals surface area contributed by atoms with Crippen LogP contribution in [0.15, 0.2) is 66.7 Å². The Morgan fingerprint density at radius 3 is 1.76 bits per heavy atom. The zero-order valence-corrected chi connectivity index (χ0v) is 17.2. The highest BCUT2D eigenvalue weighted by Gasteiger charge is 2.16. The third-order valence-electron chi connectivity index (χ3n) is 6.09. The second-order valence-corrected chi connectivity index (χ2v) is 8.19. The maximum Gasteiger partial charge on any atom is 0.123 e. The Morgan fingerprint density at radius 2 is 1.14 bits per heavy atom. The van der Waals surface area contributed by atoms with Crippen LogP contribution in [-0.2, 0) is 0 Å². The number of hydrogen-bond donors (Lipinski definition) is 0. The summed E-state index contributed by atoms with van der Waals surface area (Å²) in [6.45, 7) is 8.53. The van der Waals surface area contributed by atoms with E-state index in [1.165, 1.54) is 54.3 Å². The van der Waals surface area contributed by atoms with Crippen molar-refractivity contribution in [2.75, 3.05) is 0 Å². The molecule has 0 aromatic heterocycles. The van der Waals surface area contributed by atoms with E-state index in [9.17, 15) is 4.39 Å². The minimum Gasteiger partial charge on any atom is -0.207 e. The van der Waals surface area contributed by atoms with Gasteiger partial charge in [-0.1, -0.05) is 60.2 Å². The van der Waals surface area contributed by atoms with Gasteiger partial charge in [-0.3, -0.25) is 0 Å². The highest BCUT2D eigenvalue weighted by Crippen LogP contribution is 2.35. The second-order valence-electron chi connectivity index (χ2n) is 8.19. The van der Waals surface area contributed by atoms with Crippen molar-refractivity contribution in [3.63, 3.8) is 0 Å². The number of fused-ring (bicyclic) bond motifs is 2. The Balaban J connectivity index is 1.92. The van der Waals surface area contributed by atoms with E-state index >= 15 is 0 Å². The van der Waals surface area contributed by atoms with Crippen molar-refractivity contribution in [1.29, 1.82) is 0 Å². The van der Waals surface area contributed by atoms with Crippen LogP contribution in [0.2, 0.25) is 0 Å². The van der Waals surface area contributed by atoms with E-state index in [2.05, 4.69) is 69.3 Å². The minimum absolute atomic E-state index is 0.187. The Kier molecular flexibility index (Phi) is 3.96. The monoisotopic (exact) mass is 378 g/mol. The molecular weight excluding hydrogens is 355 g/mol. The van der Waals surface area contributed by atoms with Gasteiger partial charge >= 0.3 is 0 Å². The average Bonchev–Trinajstić information content (AvgIpc) is 2.65. The lowest BCUT2D eigenvalue weighted by molar-refractivity contribution is 0.627. The molecule has 0 fully saturated rings. The van der Waals surface area contributed by atoms with Crippen LogP contribution in [0.5, 0.6) is 0 Å². The summed E-state index contributed by atoms with van der Waals surface area (Å²) in [7, 11) is 0. The highest BCUT2D eigenvalue weighted by atomic mass is 19.1. The van der Waals surface area contributed by atoms with Crippen molar-refractivity contribution in [3.8, 4) is 22.3 Å². The quantitative estimate of drug-likeness (QED) is 0.303. The summed E-state index contributed by atoms with van der Waals surface area (Å²) in [6.07, 6.45) is 0. The molecule has 0 amide bonds. The van der Waals surface area contributed by atoms with E-state index in [1.807, 2.05) is 13.0 Å². The van der Waals surface area contributed by atoms with Gasteiger partial charge in [-0.15, -0.1) is 0 Å². The first-order valence-corrected chi connectivity index (χ1v) is 10.1. The van der Waals surface area contributed by atoms with E-state index in [0.717, 1.165) is 11.1 Å². The van der Waals surface area contributed by atoms with Crippen molar-refractivity contribution in [1.82, 2.24) is 0 Å². The molecule has 4 aromatic rings. The van der Waals surface area contributed by atoms with Gasteiger partial charge in [-0.2, -0.15) is 0 Å². The van der Waals surface area contributed by atoms with Crippen LogP contribution in [-0.4, -0.2) is 0 Å². The van der Waals surface area contributed by atoms with E-state index in [4.69, 9.17) is 0 Å². The van der Waals surface area contributed by atoms with E-state index < -0.39 is 0 Å². The fraction of sp³-hybridized carbons (Fsp3) is 0.143. The van der Waals surface area contributed by atoms with Gasteiger partial charge in [-0.25, -0.2) is 4.39 Å². The third-order valence-corrected chi connectivity index (χ3v) is 6.09. The molecule has 1 aliphatic carbocycles. The molecule has 29 heavy (non-hydrogen) atoms. The Morgan fingerprint density at radius 1 is 0.552 bits per heavy atom. The molecule has 0 nitrogen and oxygen atoms in total. The number of hydrogen-bond acceptors (Lipinski definition) is 0. The van der Waals surface area contributed by atoms with Crippen LogP contribution < -0.4 is 0 Å². The van der Waals surface area contributed by atoms with Gasteiger partial charge in [-0.05, 0) is 99.6 Å². The smallest absolute Gasteiger partial charge is 0.123 e. The largest absolute Gasteiger partial charge is 0.207 e. The second kappa shape index (κ2) is 6.42. The van der Waals surface area contributed by atoms with Gasteiger partial charge in [0.2, 0.25) is 0 Å². The third kappa shape index (κ3) is 2.65. The lowest BCUT2D eigenvalue weighted by Crippen LogP contribution is -2.00. The first kappa shape index (κ1) is 17.9. The van der Waals surface area contributed by atoms with Gasteiger partial charge in [0, 0.05) is 0 Å². The number of aryl methyl sites for hydroxylation is 4. The summed E-state index contributed by atoms with van der Waals surface area (Å²) >= 11 is 0. The molecule has 0 atom stereocenters. The molecule has 4 aromatic carbocycles. The number of rotatable bonds is 2. The first-order chi connectivity index (χ1) is 14.0. The maximum absolute atomic E-state index is 13.7. The predicted octanol–water partition coefficient (Wildman–Crippen LogP) is 7.28. The summed E-state index contributed by atoms with van der Waals surface area (Å²) in [4.78, 5) is 0. The Bertz CT molecular complexity index is 1470. The lowest BCUT2D eigenvalue weighted by Gasteiger charge is -2.18. The van der Waals surface area contributed by atoms with Crippen molar-refractivity contribution < 1.29 is 4.39 Å². The molecule has 1 heteroatoms. The molecule has 5 rings (SSSR count). The summed E-state index contributed by atoms with van der Waals surface area (Å²) in [5.74, 6) is -0.187. The summed E-state index contributed by atoms with van der Waals surface area (Å²) in [5.41, 5.74) is 9.76. The van der Waals surface area contributed by atoms with Crippen LogP contribution in [0, 0.1) is 54.4 Å². The van der Waals surface area contributed by atoms with Crippen LogP contribution in [0.4, 0.5) is 4.39 Å². The van der Waals surface area contributed by atoms with E-state index in [0.29, 0.717) is 0 Å². The minimum atomic E-state index is -0.187. The summed E-state index contributed by atoms with van der Waals surface area (Å²) < 4.78 is 13.7. The molecule has 0 saturated heterocycles. The average molecular weight is 378 g/mol. The van der Waals surface area contributed by atoms with Crippen molar-refractivity contribution in [2.24, 2.45) is 0 Å². The Labute approximate surface area is 170 Å². The van der Waals surface area contributed by atoms with Gasteiger partial charge < -0.3 is 0 Å². The zero-order chi connectivity index (χ0) is 20.3. The summed E-state index contributed by atoms with van der Waals surface area (Å²) in [6, 6.07) is 22.7. The number of halogens is 1. The standard InChI is InChI=1S/C28H23F/c1-16-13-18(3)26(19(4)14-16)25-10-6-9-24-23-8-5-7-22(27(23)28(24)25)21-12-11-20(29)15-17(21)2/h5-15H,1-4H3. The van der Waals surface area contributed by atoms with E-state index in [1.54, 1.807) is 12.1 Å². The summed E-state index contributed by atoms with van der Waals surface area (Å²) in [5, 5.41) is 5.19. The molecule has 0 spiro atoms. The van der Waals surface area contributed by atoms with Gasteiger partial charge in [0.05, 0.1) is 0 Å². The van der Waals surface area contributed by atoms with Crippen molar-refractivity contribution >= 4 is 0 Å². The molecule has 0 heterocycles. The zero-order valence-electron chi connectivity index (χ0n) is 17.2. The van der Waals surface area contributed by atoms with Crippen molar-refractivity contribution in [3.05, 3.63) is 116 Å². The van der Waals surface area contributed by atoms with Crippen LogP contribution >= 0.6 is 0 Å². The molecule has 0 radical (unpaired) electrons. The van der Waals surface area contributed by atoms with Gasteiger partial charge in [0.1, 0.15) is 5.82 Å². The molecule has 0 N–H and O–H groups in total. The molecular formula is C28H23F. The lowest BCUT2D eigenvalue weighted by atomic mass is 9.86. The van der Waals surface area contributed by atoms with Crippen LogP contribution in [0.25, 0.3) is 22.3 Å². The molecule has 0 aliphatic heterocycles. The van der Waals surface area contributed by atoms with Crippen LogP contribution in [0.3, 0.4) is 0 Å². The first-order valence-electron chi connectivity index (χ1n) is 10.1. The molecule has 0 saturated carbocycles. The van der Waals surface area contributed by atoms with Crippen LogP contribution in [0.1, 0.15) is 22.3 Å². The molecule has 142 valence electrons. The fourth-order valence-electron chi connectivity index (χ4n) is 5.00. The molecule has 1 aliphatic rings.